The van der Waals surface area contributed by atoms with E-state index in [0.29, 0.717) is 0 Å². The van der Waals surface area contributed by atoms with E-state index < -0.39 is 38.2 Å². The number of hydrogen-bond donors (Lipinski definition) is 0. The molecule has 0 heterocycles. The van der Waals surface area contributed by atoms with Crippen LogP contribution in [0.1, 0.15) is 25.0 Å². The van der Waals surface area contributed by atoms with Crippen molar-refractivity contribution in [3.05, 3.63) is 47.2 Å². The molecule has 0 aliphatic heterocycles. The number of carbonyl (C=O) groups is 1. The Balaban J connectivity index is 2.09. The Labute approximate surface area is 142 Å². The predicted octanol–water partition coefficient (Wildman–Crippen LogP) is 2.81. The molecular formula is C16H15F3O5S. The lowest BCUT2D eigenvalue weighted by Gasteiger charge is -2.48. The number of halogens is 3. The largest absolute Gasteiger partial charge is 0.534 e. The maximum absolute atomic E-state index is 12.7. The van der Waals surface area contributed by atoms with E-state index in [1.54, 1.807) is 38.1 Å². The molecule has 1 aromatic carbocycles. The molecule has 0 saturated heterocycles. The summed E-state index contributed by atoms with van der Waals surface area (Å²) in [4.78, 5) is 12.6. The van der Waals surface area contributed by atoms with Gasteiger partial charge in [-0.1, -0.05) is 31.2 Å². The maximum Gasteiger partial charge on any atom is 0.534 e. The molecule has 2 aliphatic carbocycles. The van der Waals surface area contributed by atoms with E-state index >= 15 is 0 Å². The first kappa shape index (κ1) is 17.8. The van der Waals surface area contributed by atoms with E-state index in [4.69, 9.17) is 4.74 Å². The van der Waals surface area contributed by atoms with Crippen LogP contribution in [0.3, 0.4) is 0 Å². The van der Waals surface area contributed by atoms with Gasteiger partial charge in [0.2, 0.25) is 0 Å². The Bertz CT molecular complexity index is 874. The van der Waals surface area contributed by atoms with Gasteiger partial charge in [0.1, 0.15) is 11.2 Å². The van der Waals surface area contributed by atoms with Crippen LogP contribution >= 0.6 is 0 Å². The monoisotopic (exact) mass is 376 g/mol. The minimum atomic E-state index is -5.87. The van der Waals surface area contributed by atoms with Crippen molar-refractivity contribution in [2.75, 3.05) is 6.61 Å². The van der Waals surface area contributed by atoms with Gasteiger partial charge < -0.3 is 8.92 Å². The second-order valence-electron chi connectivity index (χ2n) is 6.15. The van der Waals surface area contributed by atoms with Crippen molar-refractivity contribution in [1.82, 2.24) is 0 Å². The van der Waals surface area contributed by atoms with Crippen molar-refractivity contribution >= 4 is 16.1 Å². The topological polar surface area (TPSA) is 69.7 Å². The lowest BCUT2D eigenvalue weighted by molar-refractivity contribution is -0.159. The van der Waals surface area contributed by atoms with E-state index in [0.717, 1.165) is 11.1 Å². The van der Waals surface area contributed by atoms with Crippen LogP contribution in [0, 0.1) is 5.41 Å². The number of benzene rings is 1. The summed E-state index contributed by atoms with van der Waals surface area (Å²) in [6.07, 6.45) is 1.26. The molecular weight excluding hydrogens is 361 g/mol. The molecule has 1 aromatic rings. The van der Waals surface area contributed by atoms with Crippen molar-refractivity contribution in [3.63, 3.8) is 0 Å². The summed E-state index contributed by atoms with van der Waals surface area (Å²) in [5, 5.41) is 0. The van der Waals surface area contributed by atoms with Crippen LogP contribution in [0.4, 0.5) is 13.2 Å². The van der Waals surface area contributed by atoms with Crippen molar-refractivity contribution in [1.29, 1.82) is 0 Å². The van der Waals surface area contributed by atoms with E-state index in [1.807, 2.05) is 0 Å². The summed E-state index contributed by atoms with van der Waals surface area (Å²) in [7, 11) is -5.87. The highest BCUT2D eigenvalue weighted by Crippen LogP contribution is 2.64. The minimum absolute atomic E-state index is 0.00626. The average molecular weight is 376 g/mol. The Morgan fingerprint density at radius 3 is 2.52 bits per heavy atom. The molecule has 5 nitrogen and oxygen atoms in total. The maximum atomic E-state index is 12.7. The number of ether oxygens (including phenoxy) is 1. The summed E-state index contributed by atoms with van der Waals surface area (Å²) in [5.41, 5.74) is -6.73. The SMILES string of the molecule is CCOC(=O)[C@]12Cc3ccccc3[C@@]1(C)C=C2OS(=O)(=O)C(F)(F)F. The molecule has 2 aliphatic rings. The average Bonchev–Trinajstić information content (AvgIpc) is 2.70. The summed E-state index contributed by atoms with van der Waals surface area (Å²) in [6.45, 7) is 3.22. The standard InChI is InChI=1S/C16H15F3O5S/c1-3-23-13(20)15-8-10-6-4-5-7-11(10)14(15,2)9-12(15)24-25(21,22)16(17,18)19/h4-7,9H,3,8H2,1-2H3/t14-,15-/m1/s1. The molecule has 136 valence electrons. The molecule has 0 fully saturated rings. The Hall–Kier alpha value is -2.03. The third-order valence-corrected chi connectivity index (χ3v) is 5.83. The molecule has 9 heteroatoms. The lowest BCUT2D eigenvalue weighted by atomic mass is 9.55. The zero-order chi connectivity index (χ0) is 18.7. The Morgan fingerprint density at radius 2 is 1.92 bits per heavy atom. The molecule has 0 unspecified atom stereocenters. The number of rotatable bonds is 4. The van der Waals surface area contributed by atoms with Gasteiger partial charge in [-0.2, -0.15) is 21.6 Å². The fourth-order valence-corrected chi connectivity index (χ4v) is 4.15. The van der Waals surface area contributed by atoms with E-state index in [-0.39, 0.29) is 13.0 Å². The van der Waals surface area contributed by atoms with Crippen LogP contribution in [0.5, 0.6) is 0 Å². The number of allylic oxidation sites excluding steroid dienone is 1. The van der Waals surface area contributed by atoms with Crippen LogP contribution in [-0.2, 0) is 35.7 Å². The van der Waals surface area contributed by atoms with Crippen LogP contribution < -0.4 is 0 Å². The predicted molar refractivity (Wildman–Crippen MR) is 80.7 cm³/mol. The number of carbonyl (C=O) groups excluding carboxylic acids is 1. The molecule has 2 atom stereocenters. The van der Waals surface area contributed by atoms with Crippen molar-refractivity contribution in [3.8, 4) is 0 Å². The summed E-state index contributed by atoms with van der Waals surface area (Å²) < 4.78 is 70.2. The molecule has 0 spiro atoms. The second kappa shape index (κ2) is 5.23. The van der Waals surface area contributed by atoms with Crippen LogP contribution in [-0.4, -0.2) is 26.5 Å². The van der Waals surface area contributed by atoms with Crippen LogP contribution in [0.2, 0.25) is 0 Å². The summed E-state index contributed by atoms with van der Waals surface area (Å²) in [6, 6.07) is 6.97. The van der Waals surface area contributed by atoms with Crippen LogP contribution in [0.15, 0.2) is 36.1 Å². The molecule has 0 radical (unpaired) electrons. The fourth-order valence-electron chi connectivity index (χ4n) is 3.63. The van der Waals surface area contributed by atoms with E-state index in [2.05, 4.69) is 4.18 Å². The molecule has 25 heavy (non-hydrogen) atoms. The fraction of sp³-hybridized carbons (Fsp3) is 0.438. The van der Waals surface area contributed by atoms with Gasteiger partial charge in [-0.3, -0.25) is 4.79 Å². The van der Waals surface area contributed by atoms with Gasteiger partial charge in [-0.15, -0.1) is 0 Å². The Kier molecular flexibility index (Phi) is 3.72. The second-order valence-corrected chi connectivity index (χ2v) is 7.69. The van der Waals surface area contributed by atoms with Crippen LogP contribution in [0.25, 0.3) is 0 Å². The van der Waals surface area contributed by atoms with Gasteiger partial charge in [-0.25, -0.2) is 0 Å². The van der Waals surface area contributed by atoms with Gasteiger partial charge in [0.15, 0.2) is 0 Å². The quantitative estimate of drug-likeness (QED) is 0.459. The smallest absolute Gasteiger partial charge is 0.465 e. The zero-order valence-corrected chi connectivity index (χ0v) is 14.2. The third-order valence-electron chi connectivity index (χ3n) is 4.87. The van der Waals surface area contributed by atoms with Gasteiger partial charge in [-0.05, 0) is 30.5 Å². The molecule has 0 saturated carbocycles. The van der Waals surface area contributed by atoms with Gasteiger partial charge in [0, 0.05) is 5.41 Å². The minimum Gasteiger partial charge on any atom is -0.465 e. The summed E-state index contributed by atoms with van der Waals surface area (Å²) >= 11 is 0. The number of fused-ring (bicyclic) bond motifs is 3. The molecule has 0 amide bonds. The lowest BCUT2D eigenvalue weighted by Crippen LogP contribution is -2.56. The third kappa shape index (κ3) is 2.21. The van der Waals surface area contributed by atoms with Crippen molar-refractivity contribution < 1.29 is 35.3 Å². The van der Waals surface area contributed by atoms with E-state index in [1.165, 1.54) is 6.08 Å². The first-order chi connectivity index (χ1) is 11.5. The van der Waals surface area contributed by atoms with Gasteiger partial charge >= 0.3 is 21.6 Å². The number of esters is 1. The molecule has 0 N–H and O–H groups in total. The first-order valence-corrected chi connectivity index (χ1v) is 8.90. The first-order valence-electron chi connectivity index (χ1n) is 7.49. The number of alkyl halides is 3. The van der Waals surface area contributed by atoms with E-state index in [9.17, 15) is 26.4 Å². The van der Waals surface area contributed by atoms with Crippen molar-refractivity contribution in [2.24, 2.45) is 5.41 Å². The molecule has 0 bridgehead atoms. The normalized spacial score (nSPS) is 27.6. The summed E-state index contributed by atoms with van der Waals surface area (Å²) in [5.74, 6) is -1.34. The molecule has 3 rings (SSSR count). The zero-order valence-electron chi connectivity index (χ0n) is 13.4. The van der Waals surface area contributed by atoms with Gasteiger partial charge in [0.05, 0.1) is 6.61 Å². The van der Waals surface area contributed by atoms with Crippen molar-refractivity contribution in [2.45, 2.75) is 31.2 Å². The highest BCUT2D eigenvalue weighted by Gasteiger charge is 2.70. The molecule has 0 aromatic heterocycles. The Morgan fingerprint density at radius 1 is 1.28 bits per heavy atom. The number of hydrogen-bond acceptors (Lipinski definition) is 5. The van der Waals surface area contributed by atoms with Gasteiger partial charge in [0.25, 0.3) is 0 Å². The highest BCUT2D eigenvalue weighted by molar-refractivity contribution is 7.87. The highest BCUT2D eigenvalue weighted by atomic mass is 32.2.